The molecule has 6 nitrogen and oxygen atoms in total. The van der Waals surface area contributed by atoms with Crippen LogP contribution in [0.4, 0.5) is 18.9 Å². The van der Waals surface area contributed by atoms with Gasteiger partial charge in [-0.05, 0) is 37.6 Å². The van der Waals surface area contributed by atoms with Crippen LogP contribution < -0.4 is 10.9 Å². The molecule has 2 aromatic carbocycles. The maximum atomic E-state index is 13.9. The molecule has 3 aromatic rings. The number of nitrogens with zero attached hydrogens (tertiary/aromatic N) is 2. The van der Waals surface area contributed by atoms with E-state index in [1.165, 1.54) is 4.57 Å². The minimum absolute atomic E-state index is 0.247. The second-order valence-corrected chi connectivity index (χ2v) is 7.99. The molecule has 164 valence electrons. The van der Waals surface area contributed by atoms with Gasteiger partial charge in [-0.25, -0.2) is 18.2 Å². The molecule has 0 spiro atoms. The predicted octanol–water partition coefficient (Wildman–Crippen LogP) is 3.97. The number of aromatic nitrogens is 2. The number of hydrogen-bond donors (Lipinski definition) is 1. The standard InChI is InChI=1S/C21H20F3N3O3S/c1-12(19(28)25-16-9-8-14(22)17(23)18(16)24)31-21-26-15-7-4-3-6-13(15)20(29)27(21)10-5-11-30-2/h3-4,6-9,12H,5,10-11H2,1-2H3,(H,25,28). The molecule has 0 aliphatic heterocycles. The molecule has 0 fully saturated rings. The number of halogens is 3. The molecule has 1 N–H and O–H groups in total. The van der Waals surface area contributed by atoms with Crippen molar-refractivity contribution in [2.45, 2.75) is 30.3 Å². The van der Waals surface area contributed by atoms with E-state index in [1.54, 1.807) is 38.3 Å². The summed E-state index contributed by atoms with van der Waals surface area (Å²) in [5.41, 5.74) is -0.235. The molecule has 1 aromatic heterocycles. The number of nitrogens with one attached hydrogen (secondary N) is 1. The number of amides is 1. The molecule has 1 heterocycles. The van der Waals surface area contributed by atoms with Gasteiger partial charge >= 0.3 is 0 Å². The monoisotopic (exact) mass is 451 g/mol. The molecular weight excluding hydrogens is 431 g/mol. The lowest BCUT2D eigenvalue weighted by Gasteiger charge is -2.16. The Morgan fingerprint density at radius 3 is 2.68 bits per heavy atom. The predicted molar refractivity (Wildman–Crippen MR) is 113 cm³/mol. The van der Waals surface area contributed by atoms with Gasteiger partial charge < -0.3 is 10.1 Å². The Morgan fingerprint density at radius 2 is 1.94 bits per heavy atom. The van der Waals surface area contributed by atoms with Gasteiger partial charge in [0.15, 0.2) is 22.6 Å². The van der Waals surface area contributed by atoms with Gasteiger partial charge in [-0.1, -0.05) is 23.9 Å². The molecule has 0 saturated carbocycles. The van der Waals surface area contributed by atoms with Gasteiger partial charge in [0.25, 0.3) is 5.56 Å². The number of hydrogen-bond acceptors (Lipinski definition) is 5. The van der Waals surface area contributed by atoms with E-state index < -0.39 is 34.3 Å². The fourth-order valence-electron chi connectivity index (χ4n) is 2.87. The van der Waals surface area contributed by atoms with Crippen LogP contribution in [0.2, 0.25) is 0 Å². The second-order valence-electron chi connectivity index (χ2n) is 6.69. The van der Waals surface area contributed by atoms with Crippen molar-refractivity contribution in [3.63, 3.8) is 0 Å². The summed E-state index contributed by atoms with van der Waals surface area (Å²) >= 11 is 1.01. The van der Waals surface area contributed by atoms with Crippen molar-refractivity contribution in [2.24, 2.45) is 0 Å². The molecule has 0 radical (unpaired) electrons. The summed E-state index contributed by atoms with van der Waals surface area (Å²) in [5.74, 6) is -5.15. The molecule has 1 atom stereocenters. The van der Waals surface area contributed by atoms with Crippen LogP contribution in [0.15, 0.2) is 46.3 Å². The summed E-state index contributed by atoms with van der Waals surface area (Å²) in [6, 6.07) is 8.53. The second kappa shape index (κ2) is 9.97. The fourth-order valence-corrected chi connectivity index (χ4v) is 3.80. The van der Waals surface area contributed by atoms with E-state index in [0.717, 1.165) is 23.9 Å². The van der Waals surface area contributed by atoms with Gasteiger partial charge in [0.05, 0.1) is 21.8 Å². The van der Waals surface area contributed by atoms with Crippen molar-refractivity contribution in [3.8, 4) is 0 Å². The molecule has 3 rings (SSSR count). The van der Waals surface area contributed by atoms with Gasteiger partial charge in [-0.2, -0.15) is 0 Å². The first-order valence-corrected chi connectivity index (χ1v) is 10.3. The molecule has 31 heavy (non-hydrogen) atoms. The number of methoxy groups -OCH3 is 1. The van der Waals surface area contributed by atoms with E-state index >= 15 is 0 Å². The molecule has 0 saturated heterocycles. The van der Waals surface area contributed by atoms with Crippen LogP contribution in [-0.4, -0.2) is 34.4 Å². The number of rotatable bonds is 8. The first-order valence-electron chi connectivity index (χ1n) is 9.43. The zero-order chi connectivity index (χ0) is 22.5. The molecule has 0 bridgehead atoms. The summed E-state index contributed by atoms with van der Waals surface area (Å²) in [4.78, 5) is 30.0. The van der Waals surface area contributed by atoms with Crippen LogP contribution in [0.1, 0.15) is 13.3 Å². The minimum Gasteiger partial charge on any atom is -0.385 e. The Hall–Kier alpha value is -2.85. The van der Waals surface area contributed by atoms with Crippen molar-refractivity contribution >= 4 is 34.3 Å². The lowest BCUT2D eigenvalue weighted by molar-refractivity contribution is -0.115. The summed E-state index contributed by atoms with van der Waals surface area (Å²) < 4.78 is 46.9. The fraction of sp³-hybridized carbons (Fsp3) is 0.286. The number of ether oxygens (including phenoxy) is 1. The Bertz CT molecular complexity index is 1170. The summed E-state index contributed by atoms with van der Waals surface area (Å²) in [7, 11) is 1.56. The molecule has 10 heteroatoms. The zero-order valence-electron chi connectivity index (χ0n) is 16.8. The smallest absolute Gasteiger partial charge is 0.262 e. The van der Waals surface area contributed by atoms with E-state index in [4.69, 9.17) is 4.74 Å². The van der Waals surface area contributed by atoms with Crippen molar-refractivity contribution in [2.75, 3.05) is 19.0 Å². The summed E-state index contributed by atoms with van der Waals surface area (Å²) in [6.45, 7) is 2.31. The molecule has 1 amide bonds. The van der Waals surface area contributed by atoms with E-state index in [0.29, 0.717) is 35.6 Å². The van der Waals surface area contributed by atoms with Gasteiger partial charge in [0.1, 0.15) is 0 Å². The van der Waals surface area contributed by atoms with E-state index in [9.17, 15) is 22.8 Å². The topological polar surface area (TPSA) is 73.2 Å². The normalized spacial score (nSPS) is 12.2. The number of carbonyl (C=O) groups is 1. The third-order valence-electron chi connectivity index (χ3n) is 4.50. The van der Waals surface area contributed by atoms with E-state index in [-0.39, 0.29) is 5.56 Å². The third-order valence-corrected chi connectivity index (χ3v) is 5.59. The van der Waals surface area contributed by atoms with Crippen molar-refractivity contribution < 1.29 is 22.7 Å². The number of fused-ring (bicyclic) bond motifs is 1. The minimum atomic E-state index is -1.67. The van der Waals surface area contributed by atoms with Gasteiger partial charge in [-0.3, -0.25) is 14.2 Å². The Balaban J connectivity index is 1.87. The quantitative estimate of drug-likeness (QED) is 0.243. The molecule has 1 unspecified atom stereocenters. The van der Waals surface area contributed by atoms with Crippen LogP contribution in [-0.2, 0) is 16.1 Å². The van der Waals surface area contributed by atoms with Crippen LogP contribution in [0, 0.1) is 17.5 Å². The van der Waals surface area contributed by atoms with Crippen molar-refractivity contribution in [3.05, 3.63) is 64.2 Å². The highest BCUT2D eigenvalue weighted by Crippen LogP contribution is 2.25. The van der Waals surface area contributed by atoms with Gasteiger partial charge in [0.2, 0.25) is 5.91 Å². The molecular formula is C21H20F3N3O3S. The number of anilines is 1. The average molecular weight is 451 g/mol. The number of thioether (sulfide) groups is 1. The zero-order valence-corrected chi connectivity index (χ0v) is 17.6. The van der Waals surface area contributed by atoms with Crippen molar-refractivity contribution in [1.29, 1.82) is 0 Å². The third kappa shape index (κ3) is 5.08. The first-order chi connectivity index (χ1) is 14.8. The first kappa shape index (κ1) is 22.8. The highest BCUT2D eigenvalue weighted by atomic mass is 32.2. The summed E-state index contributed by atoms with van der Waals surface area (Å²) in [6.07, 6.45) is 0.560. The Kier molecular flexibility index (Phi) is 7.34. The van der Waals surface area contributed by atoms with Crippen LogP contribution in [0.25, 0.3) is 10.9 Å². The maximum absolute atomic E-state index is 13.9. The van der Waals surface area contributed by atoms with Crippen LogP contribution in [0.5, 0.6) is 0 Å². The number of carbonyl (C=O) groups excluding carboxylic acids is 1. The lowest BCUT2D eigenvalue weighted by Crippen LogP contribution is -2.27. The molecule has 0 aliphatic rings. The lowest BCUT2D eigenvalue weighted by atomic mass is 10.2. The largest absolute Gasteiger partial charge is 0.385 e. The molecule has 0 aliphatic carbocycles. The van der Waals surface area contributed by atoms with Crippen molar-refractivity contribution in [1.82, 2.24) is 9.55 Å². The van der Waals surface area contributed by atoms with E-state index in [2.05, 4.69) is 10.3 Å². The number of para-hydroxylation sites is 1. The highest BCUT2D eigenvalue weighted by Gasteiger charge is 2.22. The van der Waals surface area contributed by atoms with Gasteiger partial charge in [0, 0.05) is 20.3 Å². The highest BCUT2D eigenvalue weighted by molar-refractivity contribution is 8.00. The Labute approximate surface area is 180 Å². The van der Waals surface area contributed by atoms with Crippen LogP contribution >= 0.6 is 11.8 Å². The SMILES string of the molecule is COCCCn1c(SC(C)C(=O)Nc2ccc(F)c(F)c2F)nc2ccccc2c1=O. The Morgan fingerprint density at radius 1 is 1.19 bits per heavy atom. The van der Waals surface area contributed by atoms with E-state index in [1.807, 2.05) is 0 Å². The number of benzene rings is 2. The van der Waals surface area contributed by atoms with Crippen LogP contribution in [0.3, 0.4) is 0 Å². The maximum Gasteiger partial charge on any atom is 0.262 e. The average Bonchev–Trinajstić information content (AvgIpc) is 2.76. The van der Waals surface area contributed by atoms with Gasteiger partial charge in [-0.15, -0.1) is 0 Å². The summed E-state index contributed by atoms with van der Waals surface area (Å²) in [5, 5.41) is 2.20.